The molecular weight excluding hydrogens is 266 g/mol. The van der Waals surface area contributed by atoms with Gasteiger partial charge in [0, 0.05) is 18.8 Å². The number of aromatic nitrogens is 1. The smallest absolute Gasteiger partial charge is 0.237 e. The number of hydrogen-bond acceptors (Lipinski definition) is 4. The van der Waals surface area contributed by atoms with Gasteiger partial charge in [-0.1, -0.05) is 36.4 Å². The highest BCUT2D eigenvalue weighted by Gasteiger charge is 2.13. The van der Waals surface area contributed by atoms with Crippen LogP contribution in [-0.2, 0) is 17.8 Å². The molecule has 0 aliphatic heterocycles. The number of hydrogen-bond donors (Lipinski definition) is 2. The molecule has 2 rings (SSSR count). The Kier molecular flexibility index (Phi) is 5.29. The van der Waals surface area contributed by atoms with Crippen LogP contribution in [0.2, 0.25) is 0 Å². The van der Waals surface area contributed by atoms with Crippen molar-refractivity contribution < 1.29 is 9.53 Å². The van der Waals surface area contributed by atoms with Crippen molar-refractivity contribution in [3.05, 3.63) is 59.8 Å². The van der Waals surface area contributed by atoms with Crippen molar-refractivity contribution >= 4 is 5.91 Å². The van der Waals surface area contributed by atoms with E-state index in [0.717, 1.165) is 11.1 Å². The first-order valence-corrected chi connectivity index (χ1v) is 6.75. The number of rotatable bonds is 6. The lowest BCUT2D eigenvalue weighted by molar-refractivity contribution is -0.122. The molecule has 5 heteroatoms. The average molecular weight is 285 g/mol. The SMILES string of the molecule is COc1ccc(CNC(=O)C(N)Cc2ccccc2)cn1. The Morgan fingerprint density at radius 2 is 2.00 bits per heavy atom. The van der Waals surface area contributed by atoms with E-state index in [2.05, 4.69) is 10.3 Å². The van der Waals surface area contributed by atoms with Gasteiger partial charge in [0.2, 0.25) is 11.8 Å². The molecule has 0 saturated carbocycles. The van der Waals surface area contributed by atoms with E-state index in [4.69, 9.17) is 10.5 Å². The monoisotopic (exact) mass is 285 g/mol. The van der Waals surface area contributed by atoms with E-state index >= 15 is 0 Å². The number of benzene rings is 1. The zero-order chi connectivity index (χ0) is 15.1. The Balaban J connectivity index is 1.83. The number of nitrogens with two attached hydrogens (primary N) is 1. The fraction of sp³-hybridized carbons (Fsp3) is 0.250. The molecule has 0 saturated heterocycles. The van der Waals surface area contributed by atoms with Crippen LogP contribution in [0.3, 0.4) is 0 Å². The molecule has 1 heterocycles. The van der Waals surface area contributed by atoms with Crippen LogP contribution in [0.5, 0.6) is 5.88 Å². The van der Waals surface area contributed by atoms with E-state index in [9.17, 15) is 4.79 Å². The van der Waals surface area contributed by atoms with Crippen LogP contribution in [0.1, 0.15) is 11.1 Å². The molecular formula is C16H19N3O2. The van der Waals surface area contributed by atoms with Gasteiger partial charge >= 0.3 is 0 Å². The van der Waals surface area contributed by atoms with Gasteiger partial charge in [-0.05, 0) is 17.5 Å². The van der Waals surface area contributed by atoms with Crippen molar-refractivity contribution in [2.24, 2.45) is 5.73 Å². The highest BCUT2D eigenvalue weighted by Crippen LogP contribution is 2.06. The number of amides is 1. The average Bonchev–Trinajstić information content (AvgIpc) is 2.54. The van der Waals surface area contributed by atoms with Gasteiger partial charge in [-0.25, -0.2) is 4.98 Å². The minimum Gasteiger partial charge on any atom is -0.481 e. The second-order valence-electron chi connectivity index (χ2n) is 4.72. The molecule has 0 bridgehead atoms. The molecule has 21 heavy (non-hydrogen) atoms. The summed E-state index contributed by atoms with van der Waals surface area (Å²) in [4.78, 5) is 16.0. The zero-order valence-electron chi connectivity index (χ0n) is 12.0. The molecule has 0 aliphatic rings. The number of nitrogens with one attached hydrogen (secondary N) is 1. The van der Waals surface area contributed by atoms with Gasteiger partial charge in [-0.15, -0.1) is 0 Å². The third-order valence-electron chi connectivity index (χ3n) is 3.11. The number of pyridine rings is 1. The molecule has 1 atom stereocenters. The van der Waals surface area contributed by atoms with Crippen molar-refractivity contribution in [1.82, 2.24) is 10.3 Å². The first-order chi connectivity index (χ1) is 10.2. The predicted octanol–water partition coefficient (Wildman–Crippen LogP) is 1.28. The molecule has 0 spiro atoms. The molecule has 0 radical (unpaired) electrons. The molecule has 1 amide bonds. The third-order valence-corrected chi connectivity index (χ3v) is 3.11. The highest BCUT2D eigenvalue weighted by molar-refractivity contribution is 5.81. The number of methoxy groups -OCH3 is 1. The Labute approximate surface area is 124 Å². The lowest BCUT2D eigenvalue weighted by Gasteiger charge is -2.12. The second-order valence-corrected chi connectivity index (χ2v) is 4.72. The van der Waals surface area contributed by atoms with E-state index in [1.807, 2.05) is 36.4 Å². The summed E-state index contributed by atoms with van der Waals surface area (Å²) >= 11 is 0. The van der Waals surface area contributed by atoms with E-state index in [1.165, 1.54) is 0 Å². The minimum atomic E-state index is -0.557. The van der Waals surface area contributed by atoms with Gasteiger partial charge in [0.25, 0.3) is 0 Å². The van der Waals surface area contributed by atoms with Gasteiger partial charge in [-0.2, -0.15) is 0 Å². The molecule has 0 fully saturated rings. The molecule has 3 N–H and O–H groups in total. The van der Waals surface area contributed by atoms with Crippen LogP contribution in [0, 0.1) is 0 Å². The van der Waals surface area contributed by atoms with Crippen LogP contribution in [0.25, 0.3) is 0 Å². The predicted molar refractivity (Wildman–Crippen MR) is 80.8 cm³/mol. The Morgan fingerprint density at radius 1 is 1.24 bits per heavy atom. The summed E-state index contributed by atoms with van der Waals surface area (Å²) in [7, 11) is 1.56. The number of carbonyl (C=O) groups excluding carboxylic acids is 1. The van der Waals surface area contributed by atoms with Crippen molar-refractivity contribution in [3.63, 3.8) is 0 Å². The lowest BCUT2D eigenvalue weighted by Crippen LogP contribution is -2.41. The van der Waals surface area contributed by atoms with Crippen LogP contribution in [0.15, 0.2) is 48.7 Å². The van der Waals surface area contributed by atoms with E-state index in [-0.39, 0.29) is 5.91 Å². The van der Waals surface area contributed by atoms with Gasteiger partial charge < -0.3 is 15.8 Å². The Hall–Kier alpha value is -2.40. The minimum absolute atomic E-state index is 0.172. The topological polar surface area (TPSA) is 77.2 Å². The Morgan fingerprint density at radius 3 is 2.62 bits per heavy atom. The quantitative estimate of drug-likeness (QED) is 0.838. The maximum atomic E-state index is 12.0. The normalized spacial score (nSPS) is 11.7. The maximum Gasteiger partial charge on any atom is 0.237 e. The van der Waals surface area contributed by atoms with Crippen molar-refractivity contribution in [3.8, 4) is 5.88 Å². The van der Waals surface area contributed by atoms with Crippen molar-refractivity contribution in [1.29, 1.82) is 0 Å². The molecule has 1 unspecified atom stereocenters. The number of ether oxygens (including phenoxy) is 1. The van der Waals surface area contributed by atoms with Crippen molar-refractivity contribution in [2.45, 2.75) is 19.0 Å². The molecule has 0 aliphatic carbocycles. The fourth-order valence-corrected chi connectivity index (χ4v) is 1.92. The fourth-order valence-electron chi connectivity index (χ4n) is 1.92. The highest BCUT2D eigenvalue weighted by atomic mass is 16.5. The number of nitrogens with zero attached hydrogens (tertiary/aromatic N) is 1. The van der Waals surface area contributed by atoms with Gasteiger partial charge in [0.15, 0.2) is 0 Å². The van der Waals surface area contributed by atoms with Gasteiger partial charge in [-0.3, -0.25) is 4.79 Å². The first-order valence-electron chi connectivity index (χ1n) is 6.75. The molecule has 110 valence electrons. The van der Waals surface area contributed by atoms with Gasteiger partial charge in [0.05, 0.1) is 13.2 Å². The summed E-state index contributed by atoms with van der Waals surface area (Å²) in [6, 6.07) is 12.8. The summed E-state index contributed by atoms with van der Waals surface area (Å²) in [6.07, 6.45) is 2.19. The largest absolute Gasteiger partial charge is 0.481 e. The summed E-state index contributed by atoms with van der Waals surface area (Å²) in [5.74, 6) is 0.375. The van der Waals surface area contributed by atoms with Crippen molar-refractivity contribution in [2.75, 3.05) is 7.11 Å². The summed E-state index contributed by atoms with van der Waals surface area (Å²) < 4.78 is 4.98. The van der Waals surface area contributed by atoms with Crippen LogP contribution in [-0.4, -0.2) is 24.0 Å². The van der Waals surface area contributed by atoms with Crippen LogP contribution >= 0.6 is 0 Å². The molecule has 1 aromatic heterocycles. The summed E-state index contributed by atoms with van der Waals surface area (Å²) in [5.41, 5.74) is 7.86. The third kappa shape index (κ3) is 4.57. The Bertz CT molecular complexity index is 570. The molecule has 1 aromatic carbocycles. The van der Waals surface area contributed by atoms with Crippen LogP contribution < -0.4 is 15.8 Å². The first kappa shape index (κ1) is 15.0. The van der Waals surface area contributed by atoms with Crippen LogP contribution in [0.4, 0.5) is 0 Å². The lowest BCUT2D eigenvalue weighted by atomic mass is 10.1. The molecule has 5 nitrogen and oxygen atoms in total. The number of carbonyl (C=O) groups is 1. The van der Waals surface area contributed by atoms with E-state index in [1.54, 1.807) is 19.4 Å². The summed E-state index contributed by atoms with van der Waals surface area (Å²) in [5, 5.41) is 2.81. The van der Waals surface area contributed by atoms with E-state index < -0.39 is 6.04 Å². The van der Waals surface area contributed by atoms with E-state index in [0.29, 0.717) is 18.8 Å². The summed E-state index contributed by atoms with van der Waals surface area (Å²) in [6.45, 7) is 0.401. The van der Waals surface area contributed by atoms with Gasteiger partial charge in [0.1, 0.15) is 0 Å². The second kappa shape index (κ2) is 7.40. The maximum absolute atomic E-state index is 12.0. The molecule has 2 aromatic rings. The zero-order valence-corrected chi connectivity index (χ0v) is 12.0. The standard InChI is InChI=1S/C16H19N3O2/c1-21-15-8-7-13(10-18-15)11-19-16(20)14(17)9-12-5-3-2-4-6-12/h2-8,10,14H,9,11,17H2,1H3,(H,19,20).